The number of phenols is 1. The van der Waals surface area contributed by atoms with Crippen LogP contribution in [0.4, 0.5) is 0 Å². The van der Waals surface area contributed by atoms with Gasteiger partial charge in [0.2, 0.25) is 0 Å². The average molecular weight is 286 g/mol. The molecule has 0 heterocycles. The van der Waals surface area contributed by atoms with E-state index in [1.807, 2.05) is 24.3 Å². The Morgan fingerprint density at radius 3 is 2.24 bits per heavy atom. The molecule has 0 aromatic heterocycles. The number of hydrogen-bond donors (Lipinski definition) is 1. The minimum Gasteiger partial charge on any atom is -0.508 e. The van der Waals surface area contributed by atoms with Gasteiger partial charge in [0.05, 0.1) is 14.2 Å². The van der Waals surface area contributed by atoms with Crippen LogP contribution in [0.5, 0.6) is 17.2 Å². The number of aryl methyl sites for hydroxylation is 1. The van der Waals surface area contributed by atoms with E-state index in [2.05, 4.69) is 13.0 Å². The van der Waals surface area contributed by atoms with Gasteiger partial charge in [0.1, 0.15) is 5.75 Å². The number of ether oxygens (including phenoxy) is 2. The molecule has 0 aliphatic rings. The normalized spacial score (nSPS) is 12.0. The molecule has 1 unspecified atom stereocenters. The van der Waals surface area contributed by atoms with Crippen LogP contribution in [0, 0.1) is 0 Å². The average Bonchev–Trinajstić information content (AvgIpc) is 2.53. The van der Waals surface area contributed by atoms with Crippen LogP contribution in [0.1, 0.15) is 30.4 Å². The smallest absolute Gasteiger partial charge is 0.160 e. The summed E-state index contributed by atoms with van der Waals surface area (Å²) in [6.45, 7) is 2.21. The SMILES string of the molecule is COc1ccc(C(C)CCc2ccc(O)cc2)cc1OC. The van der Waals surface area contributed by atoms with Gasteiger partial charge in [-0.3, -0.25) is 0 Å². The molecule has 0 saturated carbocycles. The fourth-order valence-electron chi connectivity index (χ4n) is 2.37. The summed E-state index contributed by atoms with van der Waals surface area (Å²) in [4.78, 5) is 0. The number of benzene rings is 2. The molecule has 0 fully saturated rings. The highest BCUT2D eigenvalue weighted by Crippen LogP contribution is 2.32. The van der Waals surface area contributed by atoms with Crippen molar-refractivity contribution in [3.05, 3.63) is 53.6 Å². The molecule has 3 nitrogen and oxygen atoms in total. The molecule has 2 rings (SSSR count). The second kappa shape index (κ2) is 7.02. The van der Waals surface area contributed by atoms with Crippen molar-refractivity contribution in [1.82, 2.24) is 0 Å². The zero-order valence-electron chi connectivity index (χ0n) is 12.8. The Labute approximate surface area is 126 Å². The van der Waals surface area contributed by atoms with Gasteiger partial charge in [-0.25, -0.2) is 0 Å². The molecule has 0 saturated heterocycles. The van der Waals surface area contributed by atoms with Crippen molar-refractivity contribution in [2.24, 2.45) is 0 Å². The molecule has 1 N–H and O–H groups in total. The third-order valence-electron chi connectivity index (χ3n) is 3.78. The van der Waals surface area contributed by atoms with Gasteiger partial charge in [-0.15, -0.1) is 0 Å². The Kier molecular flexibility index (Phi) is 5.09. The molecule has 0 spiro atoms. The first-order valence-electron chi connectivity index (χ1n) is 7.14. The van der Waals surface area contributed by atoms with E-state index >= 15 is 0 Å². The van der Waals surface area contributed by atoms with E-state index in [4.69, 9.17) is 9.47 Å². The summed E-state index contributed by atoms with van der Waals surface area (Å²) in [5, 5.41) is 9.29. The lowest BCUT2D eigenvalue weighted by Crippen LogP contribution is -1.98. The largest absolute Gasteiger partial charge is 0.508 e. The molecule has 0 amide bonds. The van der Waals surface area contributed by atoms with Crippen molar-refractivity contribution in [1.29, 1.82) is 0 Å². The molecule has 112 valence electrons. The lowest BCUT2D eigenvalue weighted by Gasteiger charge is -2.15. The molecular weight excluding hydrogens is 264 g/mol. The van der Waals surface area contributed by atoms with E-state index in [1.165, 1.54) is 11.1 Å². The van der Waals surface area contributed by atoms with Crippen LogP contribution in [0.3, 0.4) is 0 Å². The minimum atomic E-state index is 0.312. The first-order valence-corrected chi connectivity index (χ1v) is 7.14. The third kappa shape index (κ3) is 3.91. The lowest BCUT2D eigenvalue weighted by molar-refractivity contribution is 0.354. The lowest BCUT2D eigenvalue weighted by atomic mass is 9.94. The van der Waals surface area contributed by atoms with Gasteiger partial charge in [-0.05, 0) is 54.2 Å². The van der Waals surface area contributed by atoms with Gasteiger partial charge < -0.3 is 14.6 Å². The Hall–Kier alpha value is -2.16. The number of hydrogen-bond acceptors (Lipinski definition) is 3. The summed E-state index contributed by atoms with van der Waals surface area (Å²) >= 11 is 0. The van der Waals surface area contributed by atoms with Crippen molar-refractivity contribution in [3.8, 4) is 17.2 Å². The maximum Gasteiger partial charge on any atom is 0.160 e. The van der Waals surface area contributed by atoms with Gasteiger partial charge in [0, 0.05) is 0 Å². The summed E-state index contributed by atoms with van der Waals surface area (Å²) < 4.78 is 10.6. The van der Waals surface area contributed by atoms with E-state index in [9.17, 15) is 5.11 Å². The molecular formula is C18H22O3. The standard InChI is InChI=1S/C18H22O3/c1-13(4-5-14-6-9-16(19)10-7-14)15-8-11-17(20-2)18(12-15)21-3/h6-13,19H,4-5H2,1-3H3. The van der Waals surface area contributed by atoms with Crippen LogP contribution in [-0.4, -0.2) is 19.3 Å². The summed E-state index contributed by atoms with van der Waals surface area (Å²) in [5.41, 5.74) is 2.48. The highest BCUT2D eigenvalue weighted by molar-refractivity contribution is 5.43. The molecule has 0 bridgehead atoms. The fraction of sp³-hybridized carbons (Fsp3) is 0.333. The summed E-state index contributed by atoms with van der Waals surface area (Å²) in [6.07, 6.45) is 2.02. The fourth-order valence-corrected chi connectivity index (χ4v) is 2.37. The summed E-state index contributed by atoms with van der Waals surface area (Å²) in [7, 11) is 3.30. The van der Waals surface area contributed by atoms with Crippen molar-refractivity contribution < 1.29 is 14.6 Å². The molecule has 2 aromatic carbocycles. The first-order chi connectivity index (χ1) is 10.1. The van der Waals surface area contributed by atoms with Crippen LogP contribution in [0.2, 0.25) is 0 Å². The van der Waals surface area contributed by atoms with Crippen LogP contribution in [0.25, 0.3) is 0 Å². The number of phenolic OH excluding ortho intramolecular Hbond substituents is 1. The number of rotatable bonds is 6. The van der Waals surface area contributed by atoms with E-state index < -0.39 is 0 Å². The van der Waals surface area contributed by atoms with E-state index in [1.54, 1.807) is 26.4 Å². The van der Waals surface area contributed by atoms with Crippen LogP contribution in [0.15, 0.2) is 42.5 Å². The number of methoxy groups -OCH3 is 2. The second-order valence-electron chi connectivity index (χ2n) is 5.22. The van der Waals surface area contributed by atoms with Gasteiger partial charge in [0.25, 0.3) is 0 Å². The molecule has 21 heavy (non-hydrogen) atoms. The predicted molar refractivity (Wildman–Crippen MR) is 84.4 cm³/mol. The highest BCUT2D eigenvalue weighted by Gasteiger charge is 2.10. The second-order valence-corrected chi connectivity index (χ2v) is 5.22. The maximum absolute atomic E-state index is 9.29. The Balaban J connectivity index is 2.02. The summed E-state index contributed by atoms with van der Waals surface area (Å²) in [6, 6.07) is 13.5. The van der Waals surface area contributed by atoms with Gasteiger partial charge in [-0.2, -0.15) is 0 Å². The van der Waals surface area contributed by atoms with Crippen LogP contribution < -0.4 is 9.47 Å². The van der Waals surface area contributed by atoms with Crippen LogP contribution >= 0.6 is 0 Å². The quantitative estimate of drug-likeness (QED) is 0.867. The highest BCUT2D eigenvalue weighted by atomic mass is 16.5. The van der Waals surface area contributed by atoms with Crippen molar-refractivity contribution >= 4 is 0 Å². The minimum absolute atomic E-state index is 0.312. The summed E-state index contributed by atoms with van der Waals surface area (Å²) in [5.74, 6) is 2.27. The van der Waals surface area contributed by atoms with Gasteiger partial charge in [-0.1, -0.05) is 25.1 Å². The molecule has 2 aromatic rings. The van der Waals surface area contributed by atoms with Crippen molar-refractivity contribution in [2.75, 3.05) is 14.2 Å². The molecule has 0 aliphatic carbocycles. The predicted octanol–water partition coefficient (Wildman–Crippen LogP) is 4.15. The Morgan fingerprint density at radius 2 is 1.62 bits per heavy atom. The maximum atomic E-state index is 9.29. The molecule has 0 radical (unpaired) electrons. The zero-order chi connectivity index (χ0) is 15.2. The molecule has 0 aliphatic heterocycles. The monoisotopic (exact) mass is 286 g/mol. The van der Waals surface area contributed by atoms with E-state index in [-0.39, 0.29) is 0 Å². The third-order valence-corrected chi connectivity index (χ3v) is 3.78. The van der Waals surface area contributed by atoms with Crippen molar-refractivity contribution in [2.45, 2.75) is 25.7 Å². The van der Waals surface area contributed by atoms with Crippen molar-refractivity contribution in [3.63, 3.8) is 0 Å². The van der Waals surface area contributed by atoms with Crippen LogP contribution in [-0.2, 0) is 6.42 Å². The Morgan fingerprint density at radius 1 is 0.952 bits per heavy atom. The molecule has 1 atom stereocenters. The number of aromatic hydroxyl groups is 1. The Bertz CT molecular complexity index is 576. The van der Waals surface area contributed by atoms with Gasteiger partial charge in [0.15, 0.2) is 11.5 Å². The van der Waals surface area contributed by atoms with E-state index in [0.717, 1.165) is 24.3 Å². The van der Waals surface area contributed by atoms with Gasteiger partial charge >= 0.3 is 0 Å². The molecule has 3 heteroatoms. The zero-order valence-corrected chi connectivity index (χ0v) is 12.8. The first kappa shape index (κ1) is 15.2. The van der Waals surface area contributed by atoms with E-state index in [0.29, 0.717) is 11.7 Å². The topological polar surface area (TPSA) is 38.7 Å².